The monoisotopic (exact) mass is 454 g/mol. The average molecular weight is 455 g/mol. The SMILES string of the molecule is CCC(CNC(=O)OCC1c2ccccc2-c2ccccc21)CC(=O)NCC(OC)C(=O)O. The highest BCUT2D eigenvalue weighted by molar-refractivity contribution is 5.79. The number of benzene rings is 2. The van der Waals surface area contributed by atoms with Crippen LogP contribution in [0.5, 0.6) is 0 Å². The zero-order valence-corrected chi connectivity index (χ0v) is 18.9. The van der Waals surface area contributed by atoms with E-state index in [0.29, 0.717) is 6.42 Å². The van der Waals surface area contributed by atoms with Crippen LogP contribution >= 0.6 is 0 Å². The van der Waals surface area contributed by atoms with Crippen molar-refractivity contribution >= 4 is 18.0 Å². The fourth-order valence-electron chi connectivity index (χ4n) is 4.05. The Morgan fingerprint density at radius 2 is 1.58 bits per heavy atom. The van der Waals surface area contributed by atoms with E-state index in [2.05, 4.69) is 34.9 Å². The molecular weight excluding hydrogens is 424 g/mol. The van der Waals surface area contributed by atoms with E-state index in [9.17, 15) is 14.4 Å². The smallest absolute Gasteiger partial charge is 0.407 e. The highest BCUT2D eigenvalue weighted by Crippen LogP contribution is 2.44. The van der Waals surface area contributed by atoms with Crippen molar-refractivity contribution in [2.24, 2.45) is 5.92 Å². The van der Waals surface area contributed by atoms with Crippen LogP contribution in [-0.4, -0.2) is 56.0 Å². The molecule has 2 atom stereocenters. The lowest BCUT2D eigenvalue weighted by Gasteiger charge is -2.18. The summed E-state index contributed by atoms with van der Waals surface area (Å²) in [4.78, 5) is 35.4. The van der Waals surface area contributed by atoms with Crippen LogP contribution in [0.3, 0.4) is 0 Å². The summed E-state index contributed by atoms with van der Waals surface area (Å²) in [6.07, 6.45) is -0.783. The minimum atomic E-state index is -1.14. The maximum absolute atomic E-state index is 12.3. The molecule has 0 saturated heterocycles. The average Bonchev–Trinajstić information content (AvgIpc) is 3.14. The lowest BCUT2D eigenvalue weighted by molar-refractivity contribution is -0.148. The van der Waals surface area contributed by atoms with E-state index < -0.39 is 18.2 Å². The van der Waals surface area contributed by atoms with Gasteiger partial charge in [-0.15, -0.1) is 0 Å². The van der Waals surface area contributed by atoms with Crippen LogP contribution in [0, 0.1) is 5.92 Å². The van der Waals surface area contributed by atoms with Crippen LogP contribution in [0.2, 0.25) is 0 Å². The van der Waals surface area contributed by atoms with Crippen LogP contribution in [0.4, 0.5) is 4.79 Å². The summed E-state index contributed by atoms with van der Waals surface area (Å²) >= 11 is 0. The number of carbonyl (C=O) groups is 3. The van der Waals surface area contributed by atoms with Crippen molar-refractivity contribution in [2.45, 2.75) is 31.8 Å². The Hall–Kier alpha value is -3.39. The van der Waals surface area contributed by atoms with Crippen LogP contribution < -0.4 is 10.6 Å². The Bertz CT molecular complexity index is 947. The Morgan fingerprint density at radius 1 is 0.970 bits per heavy atom. The van der Waals surface area contributed by atoms with Gasteiger partial charge in [0.2, 0.25) is 5.91 Å². The molecule has 0 fully saturated rings. The number of aliphatic carboxylic acids is 1. The van der Waals surface area contributed by atoms with Crippen LogP contribution in [0.25, 0.3) is 11.1 Å². The Labute approximate surface area is 193 Å². The molecule has 2 amide bonds. The zero-order chi connectivity index (χ0) is 23.8. The quantitative estimate of drug-likeness (QED) is 0.481. The van der Waals surface area contributed by atoms with Crippen molar-refractivity contribution in [1.82, 2.24) is 10.6 Å². The Balaban J connectivity index is 1.47. The predicted molar refractivity (Wildman–Crippen MR) is 123 cm³/mol. The number of hydrogen-bond acceptors (Lipinski definition) is 5. The van der Waals surface area contributed by atoms with E-state index >= 15 is 0 Å². The number of rotatable bonds is 11. The van der Waals surface area contributed by atoms with E-state index in [1.807, 2.05) is 31.2 Å². The van der Waals surface area contributed by atoms with Crippen molar-refractivity contribution < 1.29 is 29.0 Å². The lowest BCUT2D eigenvalue weighted by atomic mass is 9.98. The molecule has 1 aliphatic carbocycles. The van der Waals surface area contributed by atoms with E-state index in [4.69, 9.17) is 14.6 Å². The van der Waals surface area contributed by atoms with E-state index in [1.165, 1.54) is 7.11 Å². The molecule has 0 heterocycles. The lowest BCUT2D eigenvalue weighted by Crippen LogP contribution is -2.39. The van der Waals surface area contributed by atoms with Crippen LogP contribution in [0.1, 0.15) is 36.8 Å². The van der Waals surface area contributed by atoms with Crippen molar-refractivity contribution in [3.05, 3.63) is 59.7 Å². The topological polar surface area (TPSA) is 114 Å². The van der Waals surface area contributed by atoms with E-state index in [1.54, 1.807) is 0 Å². The number of carboxylic acids is 1. The van der Waals surface area contributed by atoms with Gasteiger partial charge in [-0.1, -0.05) is 61.9 Å². The molecule has 2 aromatic rings. The van der Waals surface area contributed by atoms with Gasteiger partial charge >= 0.3 is 12.1 Å². The van der Waals surface area contributed by atoms with Gasteiger partial charge in [0.25, 0.3) is 0 Å². The Morgan fingerprint density at radius 3 is 2.12 bits per heavy atom. The fourth-order valence-corrected chi connectivity index (χ4v) is 4.05. The first kappa shape index (κ1) is 24.3. The summed E-state index contributed by atoms with van der Waals surface area (Å²) in [5.41, 5.74) is 4.62. The molecule has 0 aromatic heterocycles. The number of carboxylic acid groups (broad SMARTS) is 1. The number of fused-ring (bicyclic) bond motifs is 3. The third-order valence-electron chi connectivity index (χ3n) is 5.97. The molecule has 2 unspecified atom stereocenters. The summed E-state index contributed by atoms with van der Waals surface area (Å²) in [7, 11) is 1.28. The minimum absolute atomic E-state index is 0.0149. The maximum Gasteiger partial charge on any atom is 0.407 e. The molecule has 0 spiro atoms. The number of carbonyl (C=O) groups excluding carboxylic acids is 2. The number of alkyl carbamates (subject to hydrolysis) is 1. The van der Waals surface area contributed by atoms with Gasteiger partial charge in [-0.05, 0) is 28.2 Å². The number of ether oxygens (including phenoxy) is 2. The van der Waals surface area contributed by atoms with E-state index in [-0.39, 0.29) is 43.9 Å². The summed E-state index contributed by atoms with van der Waals surface area (Å²) < 4.78 is 10.3. The highest BCUT2D eigenvalue weighted by Gasteiger charge is 2.29. The summed E-state index contributed by atoms with van der Waals surface area (Å²) in [5.74, 6) is -1.54. The standard InChI is InChI=1S/C25H30N2O6/c1-3-16(12-23(28)26-14-22(32-2)24(29)30)13-27-25(31)33-15-21-19-10-6-4-8-17(19)18-9-5-7-11-20(18)21/h4-11,16,21-22H,3,12-15H2,1-2H3,(H,26,28)(H,27,31)(H,29,30). The second kappa shape index (κ2) is 11.5. The molecule has 3 rings (SSSR count). The van der Waals surface area contributed by atoms with Crippen molar-refractivity contribution in [3.63, 3.8) is 0 Å². The van der Waals surface area contributed by atoms with Crippen molar-refractivity contribution in [1.29, 1.82) is 0 Å². The van der Waals surface area contributed by atoms with Gasteiger partial charge in [-0.25, -0.2) is 9.59 Å². The molecule has 2 aromatic carbocycles. The number of nitrogens with one attached hydrogen (secondary N) is 2. The van der Waals surface area contributed by atoms with E-state index in [0.717, 1.165) is 22.3 Å². The van der Waals surface area contributed by atoms with Gasteiger partial charge in [-0.2, -0.15) is 0 Å². The van der Waals surface area contributed by atoms with Crippen molar-refractivity contribution in [3.8, 4) is 11.1 Å². The molecule has 0 saturated carbocycles. The third kappa shape index (κ3) is 6.10. The number of amides is 2. The summed E-state index contributed by atoms with van der Waals surface area (Å²) in [6, 6.07) is 16.3. The second-order valence-electron chi connectivity index (χ2n) is 8.05. The molecule has 8 nitrogen and oxygen atoms in total. The largest absolute Gasteiger partial charge is 0.479 e. The molecule has 8 heteroatoms. The van der Waals surface area contributed by atoms with Gasteiger partial charge in [0.05, 0.1) is 6.54 Å². The molecule has 33 heavy (non-hydrogen) atoms. The molecular formula is C25H30N2O6. The maximum atomic E-state index is 12.3. The van der Waals surface area contributed by atoms with Gasteiger partial charge in [0, 0.05) is 26.0 Å². The first-order chi connectivity index (χ1) is 15.9. The fraction of sp³-hybridized carbons (Fsp3) is 0.400. The van der Waals surface area contributed by atoms with Gasteiger partial charge in [0.15, 0.2) is 6.10 Å². The molecule has 1 aliphatic rings. The summed E-state index contributed by atoms with van der Waals surface area (Å²) in [5, 5.41) is 14.3. The second-order valence-corrected chi connectivity index (χ2v) is 8.05. The molecule has 0 aliphatic heterocycles. The van der Waals surface area contributed by atoms with Crippen LogP contribution in [-0.2, 0) is 19.1 Å². The predicted octanol–water partition coefficient (Wildman–Crippen LogP) is 3.16. The van der Waals surface area contributed by atoms with Crippen molar-refractivity contribution in [2.75, 3.05) is 26.8 Å². The van der Waals surface area contributed by atoms with Gasteiger partial charge in [-0.3, -0.25) is 4.79 Å². The molecule has 176 valence electrons. The van der Waals surface area contributed by atoms with Gasteiger partial charge in [0.1, 0.15) is 6.61 Å². The highest BCUT2D eigenvalue weighted by atomic mass is 16.5. The first-order valence-electron chi connectivity index (χ1n) is 11.1. The number of methoxy groups -OCH3 is 1. The molecule has 3 N–H and O–H groups in total. The molecule has 0 radical (unpaired) electrons. The Kier molecular flexibility index (Phi) is 8.43. The zero-order valence-electron chi connectivity index (χ0n) is 18.9. The summed E-state index contributed by atoms with van der Waals surface area (Å²) in [6.45, 7) is 2.32. The third-order valence-corrected chi connectivity index (χ3v) is 5.97. The number of hydrogen-bond donors (Lipinski definition) is 3. The van der Waals surface area contributed by atoms with Crippen LogP contribution in [0.15, 0.2) is 48.5 Å². The first-order valence-corrected chi connectivity index (χ1v) is 11.1. The normalized spacial score (nSPS) is 14.0. The van der Waals surface area contributed by atoms with Gasteiger partial charge < -0.3 is 25.2 Å². The minimum Gasteiger partial charge on any atom is -0.479 e. The molecule has 0 bridgehead atoms.